The van der Waals surface area contributed by atoms with Crippen LogP contribution < -0.4 is 0 Å². The number of carbonyl (C=O) groups excluding carboxylic acids is 1. The maximum absolute atomic E-state index is 13.6. The minimum atomic E-state index is -0.176. The quantitative estimate of drug-likeness (QED) is 0.511. The van der Waals surface area contributed by atoms with E-state index in [1.807, 2.05) is 21.9 Å². The van der Waals surface area contributed by atoms with Crippen LogP contribution in [0.1, 0.15) is 48.9 Å². The van der Waals surface area contributed by atoms with Crippen LogP contribution in [0, 0.1) is 5.82 Å². The van der Waals surface area contributed by atoms with Crippen LogP contribution in [0.25, 0.3) is 0 Å². The van der Waals surface area contributed by atoms with Crippen LogP contribution in [0.15, 0.2) is 47.4 Å². The molecule has 0 saturated carbocycles. The summed E-state index contributed by atoms with van der Waals surface area (Å²) in [5, 5.41) is 0. The van der Waals surface area contributed by atoms with Gasteiger partial charge in [0.05, 0.1) is 0 Å². The van der Waals surface area contributed by atoms with E-state index >= 15 is 0 Å². The summed E-state index contributed by atoms with van der Waals surface area (Å²) in [6.07, 6.45) is 3.17. The van der Waals surface area contributed by atoms with Crippen molar-refractivity contribution in [1.29, 1.82) is 0 Å². The lowest BCUT2D eigenvalue weighted by atomic mass is 9.93. The highest BCUT2D eigenvalue weighted by molar-refractivity contribution is 7.98. The Kier molecular flexibility index (Phi) is 7.37. The SMILES string of the molecule is CSc1ccc2c(c1)[C@@H](c1ccc(F)cc1)C[C@@H]2N1CCN(CCN2CCN(C(C)C)C2=O)CC1. The maximum atomic E-state index is 13.6. The zero-order chi connectivity index (χ0) is 24.5. The fraction of sp³-hybridized carbons (Fsp3) is 0.536. The van der Waals surface area contributed by atoms with Crippen LogP contribution in [-0.4, -0.2) is 90.3 Å². The first kappa shape index (κ1) is 24.6. The monoisotopic (exact) mass is 496 g/mol. The van der Waals surface area contributed by atoms with Gasteiger partial charge in [0.25, 0.3) is 0 Å². The van der Waals surface area contributed by atoms with Crippen LogP contribution >= 0.6 is 11.8 Å². The zero-order valence-electron chi connectivity index (χ0n) is 21.1. The molecule has 7 heteroatoms. The van der Waals surface area contributed by atoms with E-state index in [9.17, 15) is 9.18 Å². The predicted octanol–water partition coefficient (Wildman–Crippen LogP) is 4.89. The number of rotatable bonds is 7. The van der Waals surface area contributed by atoms with Gasteiger partial charge in [-0.3, -0.25) is 9.80 Å². The first-order chi connectivity index (χ1) is 16.9. The number of nitrogens with zero attached hydrogens (tertiary/aromatic N) is 4. The molecule has 35 heavy (non-hydrogen) atoms. The molecule has 0 aromatic heterocycles. The first-order valence-corrected chi connectivity index (χ1v) is 14.1. The second-order valence-electron chi connectivity index (χ2n) is 10.3. The molecule has 2 aromatic carbocycles. The van der Waals surface area contributed by atoms with E-state index in [-0.39, 0.29) is 17.9 Å². The average Bonchev–Trinajstić information content (AvgIpc) is 3.43. The van der Waals surface area contributed by atoms with Crippen molar-refractivity contribution in [2.45, 2.75) is 43.2 Å². The molecule has 2 atom stereocenters. The van der Waals surface area contributed by atoms with Gasteiger partial charge >= 0.3 is 6.03 Å². The molecule has 1 aliphatic carbocycles. The molecular formula is C28H37FN4OS. The molecule has 2 aliphatic heterocycles. The highest BCUT2D eigenvalue weighted by Gasteiger charge is 2.37. The minimum Gasteiger partial charge on any atom is -0.322 e. The van der Waals surface area contributed by atoms with E-state index in [0.717, 1.165) is 58.8 Å². The van der Waals surface area contributed by atoms with Gasteiger partial charge in [-0.15, -0.1) is 11.8 Å². The van der Waals surface area contributed by atoms with Crippen molar-refractivity contribution in [2.75, 3.05) is 58.6 Å². The number of fused-ring (bicyclic) bond motifs is 1. The molecule has 0 bridgehead atoms. The van der Waals surface area contributed by atoms with Gasteiger partial charge in [0, 0.05) is 75.3 Å². The number of thioether (sulfide) groups is 1. The van der Waals surface area contributed by atoms with Gasteiger partial charge in [0.2, 0.25) is 0 Å². The summed E-state index contributed by atoms with van der Waals surface area (Å²) in [4.78, 5) is 23.0. The van der Waals surface area contributed by atoms with Gasteiger partial charge in [-0.25, -0.2) is 9.18 Å². The molecule has 0 spiro atoms. The Morgan fingerprint density at radius 3 is 2.34 bits per heavy atom. The third-order valence-corrected chi connectivity index (χ3v) is 8.77. The standard InChI is InChI=1S/C28H37FN4OS/c1-20(2)33-17-16-32(28(33)34)15-12-30-10-13-31(14-11-30)27-19-25(21-4-6-22(29)7-5-21)26-18-23(35-3)8-9-24(26)27/h4-9,18,20,25,27H,10-17,19H2,1-3H3/t25-,27+/m1/s1. The summed E-state index contributed by atoms with van der Waals surface area (Å²) < 4.78 is 13.6. The number of benzene rings is 2. The molecule has 2 aromatic rings. The largest absolute Gasteiger partial charge is 0.322 e. The lowest BCUT2D eigenvalue weighted by Crippen LogP contribution is -2.49. The Bertz CT molecular complexity index is 1040. The van der Waals surface area contributed by atoms with Gasteiger partial charge in [0.15, 0.2) is 0 Å². The van der Waals surface area contributed by atoms with Crippen LogP contribution in [0.4, 0.5) is 9.18 Å². The molecule has 2 amide bonds. The molecule has 0 unspecified atom stereocenters. The third-order valence-electron chi connectivity index (χ3n) is 8.04. The van der Waals surface area contributed by atoms with E-state index in [1.54, 1.807) is 23.9 Å². The van der Waals surface area contributed by atoms with Crippen molar-refractivity contribution in [3.8, 4) is 0 Å². The third kappa shape index (κ3) is 5.09. The summed E-state index contributed by atoms with van der Waals surface area (Å²) in [7, 11) is 0. The molecule has 2 saturated heterocycles. The van der Waals surface area contributed by atoms with Crippen molar-refractivity contribution in [3.63, 3.8) is 0 Å². The molecular weight excluding hydrogens is 459 g/mol. The molecule has 5 rings (SSSR count). The summed E-state index contributed by atoms with van der Waals surface area (Å²) in [5.41, 5.74) is 4.04. The second-order valence-corrected chi connectivity index (χ2v) is 11.2. The number of urea groups is 1. The van der Waals surface area contributed by atoms with Crippen LogP contribution in [0.5, 0.6) is 0 Å². The van der Waals surface area contributed by atoms with Crippen LogP contribution in [-0.2, 0) is 0 Å². The van der Waals surface area contributed by atoms with E-state index in [0.29, 0.717) is 12.0 Å². The van der Waals surface area contributed by atoms with Gasteiger partial charge in [-0.1, -0.05) is 18.2 Å². The van der Waals surface area contributed by atoms with E-state index in [1.165, 1.54) is 21.6 Å². The fourth-order valence-electron chi connectivity index (χ4n) is 5.97. The van der Waals surface area contributed by atoms with Crippen molar-refractivity contribution in [3.05, 3.63) is 65.0 Å². The van der Waals surface area contributed by atoms with Gasteiger partial charge in [-0.2, -0.15) is 0 Å². The molecule has 188 valence electrons. The molecule has 2 fully saturated rings. The van der Waals surface area contributed by atoms with E-state index in [2.05, 4.69) is 48.1 Å². The normalized spacial score (nSPS) is 23.5. The number of hydrogen-bond acceptors (Lipinski definition) is 4. The summed E-state index contributed by atoms with van der Waals surface area (Å²) >= 11 is 1.78. The van der Waals surface area contributed by atoms with E-state index in [4.69, 9.17) is 0 Å². The van der Waals surface area contributed by atoms with Crippen molar-refractivity contribution in [2.24, 2.45) is 0 Å². The second kappa shape index (κ2) is 10.5. The van der Waals surface area contributed by atoms with Crippen molar-refractivity contribution < 1.29 is 9.18 Å². The topological polar surface area (TPSA) is 30.0 Å². The van der Waals surface area contributed by atoms with Crippen LogP contribution in [0.3, 0.4) is 0 Å². The predicted molar refractivity (Wildman–Crippen MR) is 141 cm³/mol. The van der Waals surface area contributed by atoms with Crippen molar-refractivity contribution >= 4 is 17.8 Å². The lowest BCUT2D eigenvalue weighted by molar-refractivity contribution is 0.0900. The number of carbonyl (C=O) groups is 1. The lowest BCUT2D eigenvalue weighted by Gasteiger charge is -2.39. The Morgan fingerprint density at radius 2 is 1.69 bits per heavy atom. The molecule has 0 radical (unpaired) electrons. The molecule has 0 N–H and O–H groups in total. The number of piperazine rings is 1. The van der Waals surface area contributed by atoms with Gasteiger partial charge in [-0.05, 0) is 67.5 Å². The average molecular weight is 497 g/mol. The fourth-order valence-corrected chi connectivity index (χ4v) is 6.42. The first-order valence-electron chi connectivity index (χ1n) is 12.9. The summed E-state index contributed by atoms with van der Waals surface area (Å²) in [6, 6.07) is 14.9. The summed E-state index contributed by atoms with van der Waals surface area (Å²) in [5.74, 6) is 0.135. The highest BCUT2D eigenvalue weighted by atomic mass is 32.2. The van der Waals surface area contributed by atoms with Crippen LogP contribution in [0.2, 0.25) is 0 Å². The Hall–Kier alpha value is -2.09. The smallest absolute Gasteiger partial charge is 0.320 e. The number of amides is 2. The Labute approximate surface area is 213 Å². The molecule has 2 heterocycles. The van der Waals surface area contributed by atoms with Crippen molar-refractivity contribution in [1.82, 2.24) is 19.6 Å². The number of hydrogen-bond donors (Lipinski definition) is 0. The van der Waals surface area contributed by atoms with Gasteiger partial charge < -0.3 is 9.80 Å². The Balaban J connectivity index is 1.22. The van der Waals surface area contributed by atoms with E-state index < -0.39 is 0 Å². The zero-order valence-corrected chi connectivity index (χ0v) is 21.9. The molecule has 3 aliphatic rings. The maximum Gasteiger partial charge on any atom is 0.320 e. The number of halogens is 1. The van der Waals surface area contributed by atoms with Gasteiger partial charge in [0.1, 0.15) is 5.82 Å². The summed E-state index contributed by atoms with van der Waals surface area (Å²) in [6.45, 7) is 11.8. The highest BCUT2D eigenvalue weighted by Crippen LogP contribution is 2.47. The Morgan fingerprint density at radius 1 is 0.943 bits per heavy atom. The molecule has 5 nitrogen and oxygen atoms in total. The minimum absolute atomic E-state index is 0.176.